The van der Waals surface area contributed by atoms with E-state index in [1.165, 1.54) is 12.8 Å². The SMILES string of the molecule is OCC1(NCCOc2ccccc2Br)CCCC1. The molecular formula is C14H20BrNO2. The average Bonchev–Trinajstić information content (AvgIpc) is 2.86. The number of para-hydroxylation sites is 1. The van der Waals surface area contributed by atoms with Crippen molar-refractivity contribution in [3.63, 3.8) is 0 Å². The van der Waals surface area contributed by atoms with Crippen LogP contribution in [-0.4, -0.2) is 30.4 Å². The molecule has 4 heteroatoms. The monoisotopic (exact) mass is 313 g/mol. The van der Waals surface area contributed by atoms with Gasteiger partial charge in [0, 0.05) is 12.1 Å². The molecular weight excluding hydrogens is 294 g/mol. The fourth-order valence-electron chi connectivity index (χ4n) is 2.48. The van der Waals surface area contributed by atoms with Gasteiger partial charge in [-0.1, -0.05) is 25.0 Å². The van der Waals surface area contributed by atoms with Crippen LogP contribution in [0, 0.1) is 0 Å². The van der Waals surface area contributed by atoms with Crippen LogP contribution in [0.25, 0.3) is 0 Å². The van der Waals surface area contributed by atoms with Gasteiger partial charge in [-0.05, 0) is 40.9 Å². The minimum Gasteiger partial charge on any atom is -0.491 e. The molecule has 0 aliphatic heterocycles. The molecule has 3 nitrogen and oxygen atoms in total. The topological polar surface area (TPSA) is 41.5 Å². The lowest BCUT2D eigenvalue weighted by Crippen LogP contribution is -2.47. The van der Waals surface area contributed by atoms with Crippen LogP contribution in [0.3, 0.4) is 0 Å². The van der Waals surface area contributed by atoms with Gasteiger partial charge in [0.1, 0.15) is 12.4 Å². The number of hydrogen-bond donors (Lipinski definition) is 2. The molecule has 1 aromatic rings. The van der Waals surface area contributed by atoms with Gasteiger partial charge in [-0.2, -0.15) is 0 Å². The molecule has 0 saturated heterocycles. The summed E-state index contributed by atoms with van der Waals surface area (Å²) in [5.74, 6) is 0.865. The van der Waals surface area contributed by atoms with E-state index in [-0.39, 0.29) is 12.1 Å². The average molecular weight is 314 g/mol. The Morgan fingerprint density at radius 2 is 2.00 bits per heavy atom. The van der Waals surface area contributed by atoms with Crippen molar-refractivity contribution in [2.24, 2.45) is 0 Å². The standard InChI is InChI=1S/C14H20BrNO2/c15-12-5-1-2-6-13(12)18-10-9-16-14(11-17)7-3-4-8-14/h1-2,5-6,16-17H,3-4,7-11H2. The first kappa shape index (κ1) is 13.8. The second-order valence-corrected chi connectivity index (χ2v) is 5.71. The Bertz CT molecular complexity index is 378. The van der Waals surface area contributed by atoms with Crippen molar-refractivity contribution in [1.82, 2.24) is 5.32 Å². The highest BCUT2D eigenvalue weighted by Gasteiger charge is 2.32. The lowest BCUT2D eigenvalue weighted by molar-refractivity contribution is 0.157. The summed E-state index contributed by atoms with van der Waals surface area (Å²) in [6, 6.07) is 7.84. The van der Waals surface area contributed by atoms with Crippen molar-refractivity contribution in [3.05, 3.63) is 28.7 Å². The number of benzene rings is 1. The molecule has 1 aliphatic carbocycles. The molecule has 1 fully saturated rings. The van der Waals surface area contributed by atoms with E-state index in [1.807, 2.05) is 24.3 Å². The van der Waals surface area contributed by atoms with E-state index in [4.69, 9.17) is 4.74 Å². The molecule has 0 atom stereocenters. The maximum absolute atomic E-state index is 9.47. The van der Waals surface area contributed by atoms with Crippen LogP contribution in [0.2, 0.25) is 0 Å². The molecule has 1 aromatic carbocycles. The van der Waals surface area contributed by atoms with E-state index in [9.17, 15) is 5.11 Å². The van der Waals surface area contributed by atoms with E-state index in [2.05, 4.69) is 21.2 Å². The molecule has 0 spiro atoms. The summed E-state index contributed by atoms with van der Waals surface area (Å²) in [5, 5.41) is 12.9. The number of hydrogen-bond acceptors (Lipinski definition) is 3. The third-order valence-corrected chi connectivity index (χ3v) is 4.21. The molecule has 0 bridgehead atoms. The Balaban J connectivity index is 1.74. The van der Waals surface area contributed by atoms with E-state index in [0.29, 0.717) is 6.61 Å². The van der Waals surface area contributed by atoms with Crippen molar-refractivity contribution >= 4 is 15.9 Å². The molecule has 1 saturated carbocycles. The maximum Gasteiger partial charge on any atom is 0.133 e. The summed E-state index contributed by atoms with van der Waals surface area (Å²) in [4.78, 5) is 0. The van der Waals surface area contributed by atoms with E-state index >= 15 is 0 Å². The lowest BCUT2D eigenvalue weighted by Gasteiger charge is -2.28. The third-order valence-electron chi connectivity index (χ3n) is 3.56. The number of ether oxygens (including phenoxy) is 1. The van der Waals surface area contributed by atoms with Gasteiger partial charge in [0.2, 0.25) is 0 Å². The largest absolute Gasteiger partial charge is 0.491 e. The maximum atomic E-state index is 9.47. The first-order valence-corrected chi connectivity index (χ1v) is 7.28. The van der Waals surface area contributed by atoms with Crippen molar-refractivity contribution in [2.75, 3.05) is 19.8 Å². The zero-order chi connectivity index (χ0) is 12.8. The van der Waals surface area contributed by atoms with E-state index in [0.717, 1.165) is 29.6 Å². The van der Waals surface area contributed by atoms with E-state index in [1.54, 1.807) is 0 Å². The highest BCUT2D eigenvalue weighted by Crippen LogP contribution is 2.29. The first-order valence-electron chi connectivity index (χ1n) is 6.49. The fraction of sp³-hybridized carbons (Fsp3) is 0.571. The van der Waals surface area contributed by atoms with Crippen molar-refractivity contribution in [1.29, 1.82) is 0 Å². The molecule has 2 rings (SSSR count). The summed E-state index contributed by atoms with van der Waals surface area (Å²) in [6.07, 6.45) is 4.55. The Hall–Kier alpha value is -0.580. The van der Waals surface area contributed by atoms with Crippen LogP contribution in [-0.2, 0) is 0 Å². The molecule has 2 N–H and O–H groups in total. The lowest BCUT2D eigenvalue weighted by atomic mass is 9.99. The van der Waals surface area contributed by atoms with Crippen LogP contribution in [0.1, 0.15) is 25.7 Å². The molecule has 0 radical (unpaired) electrons. The predicted octanol–water partition coefficient (Wildman–Crippen LogP) is 2.72. The van der Waals surface area contributed by atoms with E-state index < -0.39 is 0 Å². The Morgan fingerprint density at radius 3 is 2.67 bits per heavy atom. The van der Waals surface area contributed by atoms with Gasteiger partial charge in [-0.15, -0.1) is 0 Å². The molecule has 0 unspecified atom stereocenters. The number of rotatable bonds is 6. The summed E-state index contributed by atoms with van der Waals surface area (Å²) >= 11 is 3.45. The number of nitrogens with one attached hydrogen (secondary N) is 1. The number of aliphatic hydroxyl groups is 1. The number of halogens is 1. The fourth-order valence-corrected chi connectivity index (χ4v) is 2.88. The molecule has 0 heterocycles. The second kappa shape index (κ2) is 6.55. The molecule has 18 heavy (non-hydrogen) atoms. The zero-order valence-corrected chi connectivity index (χ0v) is 12.1. The Labute approximate surface area is 117 Å². The van der Waals surface area contributed by atoms with Crippen LogP contribution in [0.15, 0.2) is 28.7 Å². The normalized spacial score (nSPS) is 17.9. The minimum absolute atomic E-state index is 0.0583. The summed E-state index contributed by atoms with van der Waals surface area (Å²) in [5.41, 5.74) is -0.0583. The van der Waals surface area contributed by atoms with Crippen LogP contribution in [0.5, 0.6) is 5.75 Å². The van der Waals surface area contributed by atoms with Gasteiger partial charge >= 0.3 is 0 Å². The summed E-state index contributed by atoms with van der Waals surface area (Å²) in [6.45, 7) is 1.61. The predicted molar refractivity (Wildman–Crippen MR) is 75.9 cm³/mol. The van der Waals surface area contributed by atoms with Gasteiger partial charge in [-0.3, -0.25) is 0 Å². The van der Waals surface area contributed by atoms with Gasteiger partial charge in [0.15, 0.2) is 0 Å². The molecule has 0 amide bonds. The highest BCUT2D eigenvalue weighted by atomic mass is 79.9. The summed E-state index contributed by atoms with van der Waals surface area (Å²) in [7, 11) is 0. The van der Waals surface area contributed by atoms with Gasteiger partial charge < -0.3 is 15.2 Å². The number of aliphatic hydroxyl groups excluding tert-OH is 1. The van der Waals surface area contributed by atoms with Crippen molar-refractivity contribution < 1.29 is 9.84 Å². The highest BCUT2D eigenvalue weighted by molar-refractivity contribution is 9.10. The van der Waals surface area contributed by atoms with Crippen molar-refractivity contribution in [3.8, 4) is 5.75 Å². The molecule has 100 valence electrons. The Morgan fingerprint density at radius 1 is 1.28 bits per heavy atom. The van der Waals surface area contributed by atoms with Crippen molar-refractivity contribution in [2.45, 2.75) is 31.2 Å². The van der Waals surface area contributed by atoms with Crippen LogP contribution in [0.4, 0.5) is 0 Å². The van der Waals surface area contributed by atoms with Gasteiger partial charge in [0.05, 0.1) is 11.1 Å². The van der Waals surface area contributed by atoms with Gasteiger partial charge in [-0.25, -0.2) is 0 Å². The summed E-state index contributed by atoms with van der Waals surface area (Å²) < 4.78 is 6.67. The first-order chi connectivity index (χ1) is 8.76. The molecule has 0 aromatic heterocycles. The smallest absolute Gasteiger partial charge is 0.133 e. The Kier molecular flexibility index (Phi) is 5.03. The third kappa shape index (κ3) is 3.46. The van der Waals surface area contributed by atoms with Crippen LogP contribution < -0.4 is 10.1 Å². The second-order valence-electron chi connectivity index (χ2n) is 4.85. The zero-order valence-electron chi connectivity index (χ0n) is 10.5. The van der Waals surface area contributed by atoms with Gasteiger partial charge in [0.25, 0.3) is 0 Å². The molecule has 1 aliphatic rings. The minimum atomic E-state index is -0.0583. The van der Waals surface area contributed by atoms with Crippen LogP contribution >= 0.6 is 15.9 Å². The quantitative estimate of drug-likeness (QED) is 0.793.